The van der Waals surface area contributed by atoms with Crippen LogP contribution < -0.4 is 10.1 Å². The molecule has 2 rings (SSSR count). The molecule has 1 amide bonds. The van der Waals surface area contributed by atoms with E-state index >= 15 is 0 Å². The van der Waals surface area contributed by atoms with E-state index in [0.717, 1.165) is 11.6 Å². The molecule has 1 aromatic heterocycles. The molecule has 0 unspecified atom stereocenters. The summed E-state index contributed by atoms with van der Waals surface area (Å²) in [5.41, 5.74) is 2.77. The Morgan fingerprint density at radius 1 is 1.37 bits per heavy atom. The number of anilines is 1. The normalized spacial score (nSPS) is 15.8. The minimum atomic E-state index is -4.79. The molecule has 0 fully saturated rings. The van der Waals surface area contributed by atoms with Gasteiger partial charge in [0.05, 0.1) is 23.3 Å². The molecule has 160 valence electrons. The van der Waals surface area contributed by atoms with Crippen molar-refractivity contribution in [1.29, 1.82) is 0 Å². The molecule has 0 saturated carbocycles. The van der Waals surface area contributed by atoms with E-state index < -0.39 is 12.2 Å². The van der Waals surface area contributed by atoms with Crippen LogP contribution in [0.4, 0.5) is 18.9 Å². The van der Waals surface area contributed by atoms with E-state index in [-0.39, 0.29) is 5.91 Å². The number of nitrogens with zero attached hydrogens (tertiary/aromatic N) is 3. The molecular formula is C21H23F3N4O2. The van der Waals surface area contributed by atoms with Crippen molar-refractivity contribution in [3.05, 3.63) is 66.7 Å². The van der Waals surface area contributed by atoms with Crippen molar-refractivity contribution in [2.24, 2.45) is 4.99 Å². The summed E-state index contributed by atoms with van der Waals surface area (Å²) >= 11 is 0. The molecule has 30 heavy (non-hydrogen) atoms. The van der Waals surface area contributed by atoms with Crippen LogP contribution in [0, 0.1) is 0 Å². The molecule has 6 nitrogen and oxygen atoms in total. The smallest absolute Gasteiger partial charge is 0.388 e. The molecule has 1 N–H and O–H groups in total. The van der Waals surface area contributed by atoms with Crippen LogP contribution in [0.15, 0.2) is 71.7 Å². The lowest BCUT2D eigenvalue weighted by Crippen LogP contribution is -2.35. The second kappa shape index (κ2) is 10.4. The number of allylic oxidation sites excluding steroid dienone is 3. The summed E-state index contributed by atoms with van der Waals surface area (Å²) in [6.07, 6.45) is 5.52. The van der Waals surface area contributed by atoms with Crippen molar-refractivity contribution in [1.82, 2.24) is 9.88 Å². The number of pyridine rings is 1. The Bertz CT molecular complexity index is 885. The van der Waals surface area contributed by atoms with E-state index in [0.29, 0.717) is 36.6 Å². The first-order valence-corrected chi connectivity index (χ1v) is 9.22. The second-order valence-corrected chi connectivity index (χ2v) is 6.19. The molecule has 0 aliphatic carbocycles. The Kier molecular flexibility index (Phi) is 7.97. The highest BCUT2D eigenvalue weighted by Crippen LogP contribution is 2.23. The van der Waals surface area contributed by atoms with Crippen LogP contribution >= 0.6 is 0 Å². The molecule has 0 aromatic carbocycles. The third-order valence-corrected chi connectivity index (χ3v) is 4.13. The number of aliphatic imine (C=N–C) groups is 1. The lowest BCUT2D eigenvalue weighted by Gasteiger charge is -2.26. The minimum Gasteiger partial charge on any atom is -0.388 e. The van der Waals surface area contributed by atoms with Crippen LogP contribution in [0.5, 0.6) is 5.88 Å². The van der Waals surface area contributed by atoms with Crippen molar-refractivity contribution in [3.8, 4) is 5.88 Å². The highest BCUT2D eigenvalue weighted by molar-refractivity contribution is 6.14. The van der Waals surface area contributed by atoms with E-state index in [9.17, 15) is 18.0 Å². The summed E-state index contributed by atoms with van der Waals surface area (Å²) in [4.78, 5) is 21.6. The quantitative estimate of drug-likeness (QED) is 0.517. The molecule has 1 aromatic rings. The van der Waals surface area contributed by atoms with Gasteiger partial charge in [-0.2, -0.15) is 0 Å². The van der Waals surface area contributed by atoms with Gasteiger partial charge in [-0.1, -0.05) is 24.8 Å². The minimum absolute atomic E-state index is 0.131. The first kappa shape index (κ1) is 22.9. The molecule has 1 aliphatic rings. The van der Waals surface area contributed by atoms with Crippen LogP contribution in [0.25, 0.3) is 0 Å². The van der Waals surface area contributed by atoms with Gasteiger partial charge < -0.3 is 15.0 Å². The molecule has 0 radical (unpaired) electrons. The number of halogens is 3. The number of nitrogens with one attached hydrogen (secondary N) is 1. The van der Waals surface area contributed by atoms with E-state index in [1.165, 1.54) is 18.3 Å². The number of hydrogen-bond donors (Lipinski definition) is 1. The van der Waals surface area contributed by atoms with Gasteiger partial charge in [-0.25, -0.2) is 4.98 Å². The van der Waals surface area contributed by atoms with Crippen LogP contribution in [-0.4, -0.2) is 41.0 Å². The van der Waals surface area contributed by atoms with Gasteiger partial charge in [-0.3, -0.25) is 9.79 Å². The fourth-order valence-corrected chi connectivity index (χ4v) is 2.74. The predicted octanol–water partition coefficient (Wildman–Crippen LogP) is 4.62. The maximum absolute atomic E-state index is 12.3. The molecule has 0 spiro atoms. The molecule has 0 saturated heterocycles. The molecule has 0 atom stereocenters. The fraction of sp³-hybridized carbons (Fsp3) is 0.286. The highest BCUT2D eigenvalue weighted by atomic mass is 19.4. The summed E-state index contributed by atoms with van der Waals surface area (Å²) < 4.78 is 40.7. The van der Waals surface area contributed by atoms with Gasteiger partial charge in [-0.15, -0.1) is 13.2 Å². The average molecular weight is 420 g/mol. The predicted molar refractivity (Wildman–Crippen MR) is 110 cm³/mol. The Balaban J connectivity index is 2.21. The van der Waals surface area contributed by atoms with Gasteiger partial charge in [0.25, 0.3) is 0 Å². The van der Waals surface area contributed by atoms with Gasteiger partial charge in [-0.05, 0) is 38.0 Å². The van der Waals surface area contributed by atoms with E-state index in [2.05, 4.69) is 26.6 Å². The zero-order chi connectivity index (χ0) is 22.1. The standard InChI is InChI=1S/C21H23F3N4O2/c1-4-11-25-20(15-9-12-28(13-10-15)19(29)6-3)17(5-2)27-16-7-8-18(26-14-16)30-21(22,23)24/h4-9,11,14,27H,3,10,12-13H2,1-2H3/b11-4-,17-5?,25-20?. The largest absolute Gasteiger partial charge is 0.574 e. The summed E-state index contributed by atoms with van der Waals surface area (Å²) in [6.45, 7) is 8.14. The van der Waals surface area contributed by atoms with Crippen LogP contribution in [0.1, 0.15) is 20.3 Å². The Labute approximate surface area is 173 Å². The number of alkyl halides is 3. The van der Waals surface area contributed by atoms with Crippen LogP contribution in [0.3, 0.4) is 0 Å². The van der Waals surface area contributed by atoms with E-state index in [1.54, 1.807) is 17.2 Å². The van der Waals surface area contributed by atoms with Crippen molar-refractivity contribution in [3.63, 3.8) is 0 Å². The molecule has 9 heteroatoms. The summed E-state index contributed by atoms with van der Waals surface area (Å²) in [6, 6.07) is 2.56. The number of hydrogen-bond acceptors (Lipinski definition) is 5. The third-order valence-electron chi connectivity index (χ3n) is 4.13. The third kappa shape index (κ3) is 6.61. The van der Waals surface area contributed by atoms with Gasteiger partial charge in [0, 0.05) is 25.4 Å². The van der Waals surface area contributed by atoms with Crippen molar-refractivity contribution in [2.45, 2.75) is 26.6 Å². The van der Waals surface area contributed by atoms with Gasteiger partial charge in [0.15, 0.2) is 0 Å². The first-order valence-electron chi connectivity index (χ1n) is 9.22. The SMILES string of the molecule is C=CC(=O)N1CC=C(C(=N/C=C\C)C(=CC)Nc2ccc(OC(F)(F)F)nc2)CC1. The Morgan fingerprint density at radius 2 is 2.13 bits per heavy atom. The number of aromatic nitrogens is 1. The Morgan fingerprint density at radius 3 is 2.63 bits per heavy atom. The number of ether oxygens (including phenoxy) is 1. The monoisotopic (exact) mass is 420 g/mol. The van der Waals surface area contributed by atoms with Crippen molar-refractivity contribution in [2.75, 3.05) is 18.4 Å². The first-order chi connectivity index (χ1) is 14.3. The number of carbonyl (C=O) groups is 1. The van der Waals surface area contributed by atoms with Crippen LogP contribution in [0.2, 0.25) is 0 Å². The highest BCUT2D eigenvalue weighted by Gasteiger charge is 2.31. The summed E-state index contributed by atoms with van der Waals surface area (Å²) in [7, 11) is 0. The lowest BCUT2D eigenvalue weighted by atomic mass is 10.00. The second-order valence-electron chi connectivity index (χ2n) is 6.19. The maximum Gasteiger partial charge on any atom is 0.574 e. The summed E-state index contributed by atoms with van der Waals surface area (Å²) in [5, 5.41) is 3.13. The van der Waals surface area contributed by atoms with Crippen molar-refractivity contribution >= 4 is 17.3 Å². The van der Waals surface area contributed by atoms with Crippen LogP contribution in [-0.2, 0) is 4.79 Å². The molecule has 0 bridgehead atoms. The summed E-state index contributed by atoms with van der Waals surface area (Å²) in [5.74, 6) is -0.672. The number of rotatable bonds is 7. The lowest BCUT2D eigenvalue weighted by molar-refractivity contribution is -0.276. The van der Waals surface area contributed by atoms with Gasteiger partial charge in [0.2, 0.25) is 11.8 Å². The zero-order valence-electron chi connectivity index (χ0n) is 16.7. The number of carbonyl (C=O) groups excluding carboxylic acids is 1. The fourth-order valence-electron chi connectivity index (χ4n) is 2.74. The average Bonchev–Trinajstić information content (AvgIpc) is 2.73. The van der Waals surface area contributed by atoms with Gasteiger partial charge in [0.1, 0.15) is 0 Å². The Hall–Kier alpha value is -3.36. The molecule has 2 heterocycles. The maximum atomic E-state index is 12.3. The van der Waals surface area contributed by atoms with E-state index in [1.807, 2.05) is 26.0 Å². The number of amides is 1. The van der Waals surface area contributed by atoms with E-state index in [4.69, 9.17) is 0 Å². The topological polar surface area (TPSA) is 66.8 Å². The van der Waals surface area contributed by atoms with Gasteiger partial charge >= 0.3 is 6.36 Å². The molecule has 1 aliphatic heterocycles. The zero-order valence-corrected chi connectivity index (χ0v) is 16.7. The van der Waals surface area contributed by atoms with Crippen molar-refractivity contribution < 1.29 is 22.7 Å². The molecular weight excluding hydrogens is 397 g/mol.